The molecule has 1 rings (SSSR count). The van der Waals surface area contributed by atoms with Gasteiger partial charge in [-0.05, 0) is 25.7 Å². The molecule has 0 bridgehead atoms. The SMILES string of the molecule is CCCCN=C(NCCC(=O)NCCC)N1CCC(C(N)=O)CC1.I. The summed E-state index contributed by atoms with van der Waals surface area (Å²) in [5.41, 5.74) is 5.39. The molecular formula is C17H34IN5O2. The number of piperidine rings is 1. The van der Waals surface area contributed by atoms with Gasteiger partial charge in [-0.3, -0.25) is 14.6 Å². The lowest BCUT2D eigenvalue weighted by Gasteiger charge is -2.33. The molecule has 1 aliphatic heterocycles. The molecule has 0 saturated carbocycles. The number of halogens is 1. The molecule has 25 heavy (non-hydrogen) atoms. The van der Waals surface area contributed by atoms with Gasteiger partial charge >= 0.3 is 0 Å². The zero-order chi connectivity index (χ0) is 17.8. The largest absolute Gasteiger partial charge is 0.369 e. The number of unbranched alkanes of at least 4 members (excludes halogenated alkanes) is 1. The van der Waals surface area contributed by atoms with Crippen molar-refractivity contribution in [3.63, 3.8) is 0 Å². The predicted molar refractivity (Wildman–Crippen MR) is 112 cm³/mol. The summed E-state index contributed by atoms with van der Waals surface area (Å²) < 4.78 is 0. The molecular weight excluding hydrogens is 433 g/mol. The number of rotatable bonds is 9. The first-order chi connectivity index (χ1) is 11.6. The second-order valence-electron chi connectivity index (χ2n) is 6.25. The number of nitrogens with one attached hydrogen (secondary N) is 2. The highest BCUT2D eigenvalue weighted by molar-refractivity contribution is 14.0. The number of likely N-dealkylation sites (tertiary alicyclic amines) is 1. The van der Waals surface area contributed by atoms with E-state index >= 15 is 0 Å². The Kier molecular flexibility index (Phi) is 13.5. The van der Waals surface area contributed by atoms with Gasteiger partial charge in [0.1, 0.15) is 0 Å². The van der Waals surface area contributed by atoms with E-state index < -0.39 is 0 Å². The van der Waals surface area contributed by atoms with Crippen molar-refractivity contribution in [2.75, 3.05) is 32.7 Å². The van der Waals surface area contributed by atoms with Crippen LogP contribution in [0, 0.1) is 5.92 Å². The summed E-state index contributed by atoms with van der Waals surface area (Å²) >= 11 is 0. The fourth-order valence-corrected chi connectivity index (χ4v) is 2.63. The molecule has 7 nitrogen and oxygen atoms in total. The Morgan fingerprint density at radius 3 is 2.36 bits per heavy atom. The van der Waals surface area contributed by atoms with Crippen LogP contribution in [0.15, 0.2) is 4.99 Å². The molecule has 0 aromatic heterocycles. The molecule has 1 heterocycles. The Balaban J connectivity index is 0.00000576. The maximum Gasteiger partial charge on any atom is 0.221 e. The van der Waals surface area contributed by atoms with Gasteiger partial charge in [0.2, 0.25) is 11.8 Å². The summed E-state index contributed by atoms with van der Waals surface area (Å²) in [4.78, 5) is 29.8. The molecule has 1 saturated heterocycles. The maximum atomic E-state index is 11.7. The number of primary amides is 1. The minimum Gasteiger partial charge on any atom is -0.369 e. The minimum absolute atomic E-state index is 0. The number of hydrogen-bond acceptors (Lipinski definition) is 3. The summed E-state index contributed by atoms with van der Waals surface area (Å²) in [6, 6.07) is 0. The van der Waals surface area contributed by atoms with Crippen molar-refractivity contribution in [1.82, 2.24) is 15.5 Å². The monoisotopic (exact) mass is 467 g/mol. The summed E-state index contributed by atoms with van der Waals surface area (Å²) in [5, 5.41) is 6.17. The molecule has 8 heteroatoms. The second kappa shape index (κ2) is 14.1. The van der Waals surface area contributed by atoms with Crippen molar-refractivity contribution in [2.45, 2.75) is 52.4 Å². The minimum atomic E-state index is -0.209. The molecule has 1 aliphatic rings. The summed E-state index contributed by atoms with van der Waals surface area (Å²) in [6.45, 7) is 7.77. The molecule has 0 spiro atoms. The molecule has 0 atom stereocenters. The van der Waals surface area contributed by atoms with Crippen LogP contribution >= 0.6 is 24.0 Å². The third-order valence-electron chi connectivity index (χ3n) is 4.18. The van der Waals surface area contributed by atoms with E-state index in [1.165, 1.54) is 0 Å². The molecule has 2 amide bonds. The van der Waals surface area contributed by atoms with E-state index in [1.54, 1.807) is 0 Å². The third-order valence-corrected chi connectivity index (χ3v) is 4.18. The van der Waals surface area contributed by atoms with E-state index in [0.29, 0.717) is 13.0 Å². The van der Waals surface area contributed by atoms with Crippen LogP contribution in [-0.2, 0) is 9.59 Å². The van der Waals surface area contributed by atoms with Crippen LogP contribution in [0.3, 0.4) is 0 Å². The van der Waals surface area contributed by atoms with Gasteiger partial charge in [-0.15, -0.1) is 24.0 Å². The van der Waals surface area contributed by atoms with Gasteiger partial charge in [0.25, 0.3) is 0 Å². The zero-order valence-electron chi connectivity index (χ0n) is 15.6. The van der Waals surface area contributed by atoms with E-state index in [0.717, 1.165) is 64.2 Å². The first-order valence-electron chi connectivity index (χ1n) is 9.17. The molecule has 4 N–H and O–H groups in total. The first kappa shape index (κ1) is 23.9. The van der Waals surface area contributed by atoms with Gasteiger partial charge in [0.05, 0.1) is 0 Å². The number of aliphatic imine (C=N–C) groups is 1. The maximum absolute atomic E-state index is 11.7. The average Bonchev–Trinajstić information content (AvgIpc) is 2.58. The van der Waals surface area contributed by atoms with Crippen LogP contribution in [-0.4, -0.2) is 55.4 Å². The fourth-order valence-electron chi connectivity index (χ4n) is 2.63. The van der Waals surface area contributed by atoms with Crippen molar-refractivity contribution in [3.05, 3.63) is 0 Å². The fraction of sp³-hybridized carbons (Fsp3) is 0.824. The standard InChI is InChI=1S/C17H33N5O2.HI/c1-3-5-10-20-17(21-11-6-15(23)19-9-4-2)22-12-7-14(8-13-22)16(18)24;/h14H,3-13H2,1-2H3,(H2,18,24)(H,19,23)(H,20,21);1H. The van der Waals surface area contributed by atoms with Gasteiger partial charge in [0, 0.05) is 45.1 Å². The van der Waals surface area contributed by atoms with Crippen LogP contribution in [0.4, 0.5) is 0 Å². The van der Waals surface area contributed by atoms with E-state index in [-0.39, 0.29) is 41.7 Å². The van der Waals surface area contributed by atoms with E-state index in [4.69, 9.17) is 5.73 Å². The van der Waals surface area contributed by atoms with Crippen LogP contribution in [0.25, 0.3) is 0 Å². The topological polar surface area (TPSA) is 99.8 Å². The van der Waals surface area contributed by atoms with Crippen LogP contribution in [0.2, 0.25) is 0 Å². The van der Waals surface area contributed by atoms with Crippen molar-refractivity contribution in [1.29, 1.82) is 0 Å². The predicted octanol–water partition coefficient (Wildman–Crippen LogP) is 1.46. The number of hydrogen-bond donors (Lipinski definition) is 3. The Morgan fingerprint density at radius 2 is 1.80 bits per heavy atom. The average molecular weight is 467 g/mol. The number of carbonyl (C=O) groups excluding carboxylic acids is 2. The lowest BCUT2D eigenvalue weighted by molar-refractivity contribution is -0.123. The summed E-state index contributed by atoms with van der Waals surface area (Å²) in [5.74, 6) is 0.664. The highest BCUT2D eigenvalue weighted by Crippen LogP contribution is 2.16. The Morgan fingerprint density at radius 1 is 1.12 bits per heavy atom. The van der Waals surface area contributed by atoms with Crippen molar-refractivity contribution in [2.24, 2.45) is 16.6 Å². The van der Waals surface area contributed by atoms with E-state index in [2.05, 4.69) is 27.4 Å². The van der Waals surface area contributed by atoms with Crippen LogP contribution in [0.5, 0.6) is 0 Å². The van der Waals surface area contributed by atoms with Gasteiger partial charge < -0.3 is 21.3 Å². The molecule has 0 radical (unpaired) electrons. The van der Waals surface area contributed by atoms with E-state index in [1.807, 2.05) is 6.92 Å². The summed E-state index contributed by atoms with van der Waals surface area (Å²) in [7, 11) is 0. The van der Waals surface area contributed by atoms with Gasteiger partial charge in [-0.2, -0.15) is 0 Å². The molecule has 146 valence electrons. The van der Waals surface area contributed by atoms with Gasteiger partial charge in [-0.1, -0.05) is 20.3 Å². The van der Waals surface area contributed by atoms with Crippen molar-refractivity contribution >= 4 is 41.8 Å². The number of carbonyl (C=O) groups is 2. The van der Waals surface area contributed by atoms with Crippen molar-refractivity contribution in [3.8, 4) is 0 Å². The normalized spacial score (nSPS) is 15.4. The Hall–Kier alpha value is -1.06. The van der Waals surface area contributed by atoms with Crippen molar-refractivity contribution < 1.29 is 9.59 Å². The zero-order valence-corrected chi connectivity index (χ0v) is 17.9. The Labute approximate surface area is 168 Å². The highest BCUT2D eigenvalue weighted by atomic mass is 127. The number of nitrogens with two attached hydrogens (primary N) is 1. The van der Waals surface area contributed by atoms with Gasteiger partial charge in [0.15, 0.2) is 5.96 Å². The molecule has 0 unspecified atom stereocenters. The van der Waals surface area contributed by atoms with Crippen LogP contribution < -0.4 is 16.4 Å². The second-order valence-corrected chi connectivity index (χ2v) is 6.25. The lowest BCUT2D eigenvalue weighted by atomic mass is 9.96. The van der Waals surface area contributed by atoms with Crippen LogP contribution in [0.1, 0.15) is 52.4 Å². The quantitative estimate of drug-likeness (QED) is 0.207. The molecule has 1 fully saturated rings. The number of amides is 2. The smallest absolute Gasteiger partial charge is 0.221 e. The first-order valence-corrected chi connectivity index (χ1v) is 9.17. The number of nitrogens with zero attached hydrogens (tertiary/aromatic N) is 2. The van der Waals surface area contributed by atoms with Gasteiger partial charge in [-0.25, -0.2) is 0 Å². The Bertz CT molecular complexity index is 423. The summed E-state index contributed by atoms with van der Waals surface area (Å²) in [6.07, 6.45) is 5.05. The van der Waals surface area contributed by atoms with E-state index in [9.17, 15) is 9.59 Å². The molecule has 0 aliphatic carbocycles. The number of guanidine groups is 1. The lowest BCUT2D eigenvalue weighted by Crippen LogP contribution is -2.48. The molecule has 0 aromatic carbocycles. The molecule has 0 aromatic rings. The third kappa shape index (κ3) is 9.86. The highest BCUT2D eigenvalue weighted by Gasteiger charge is 2.24.